The van der Waals surface area contributed by atoms with Gasteiger partial charge in [-0.2, -0.15) is 0 Å². The molecule has 2 rings (SSSR count). The molecule has 0 aliphatic rings. The van der Waals surface area contributed by atoms with Crippen LogP contribution in [0.15, 0.2) is 23.7 Å². The van der Waals surface area contributed by atoms with Gasteiger partial charge < -0.3 is 15.4 Å². The number of nitrogens with zero attached hydrogens (tertiary/aromatic N) is 2. The van der Waals surface area contributed by atoms with Crippen molar-refractivity contribution in [1.82, 2.24) is 20.6 Å². The Morgan fingerprint density at radius 3 is 2.95 bits per heavy atom. The first-order chi connectivity index (χ1) is 10.6. The van der Waals surface area contributed by atoms with Gasteiger partial charge in [0, 0.05) is 24.5 Å². The van der Waals surface area contributed by atoms with E-state index in [1.54, 1.807) is 29.7 Å². The van der Waals surface area contributed by atoms with E-state index in [2.05, 4.69) is 20.6 Å². The molecule has 22 heavy (non-hydrogen) atoms. The number of carbonyl (C=O) groups is 1. The van der Waals surface area contributed by atoms with E-state index in [-0.39, 0.29) is 6.03 Å². The molecule has 0 atom stereocenters. The third-order valence-electron chi connectivity index (χ3n) is 2.68. The molecule has 6 nitrogen and oxygen atoms in total. The third kappa shape index (κ3) is 5.50. The van der Waals surface area contributed by atoms with Crippen LogP contribution in [0.3, 0.4) is 0 Å². The predicted molar refractivity (Wildman–Crippen MR) is 86.7 cm³/mol. The van der Waals surface area contributed by atoms with Crippen LogP contribution in [0.5, 0.6) is 5.88 Å². The normalized spacial score (nSPS) is 10.3. The fourth-order valence-corrected chi connectivity index (χ4v) is 2.50. The number of halogens is 1. The van der Waals surface area contributed by atoms with Crippen molar-refractivity contribution in [3.05, 3.63) is 39.4 Å². The molecule has 0 saturated heterocycles. The van der Waals surface area contributed by atoms with Crippen LogP contribution < -0.4 is 15.4 Å². The van der Waals surface area contributed by atoms with E-state index in [1.165, 1.54) is 0 Å². The monoisotopic (exact) mass is 340 g/mol. The van der Waals surface area contributed by atoms with E-state index >= 15 is 0 Å². The first kappa shape index (κ1) is 16.5. The summed E-state index contributed by atoms with van der Waals surface area (Å²) in [5.74, 6) is 0.366. The van der Waals surface area contributed by atoms with Crippen molar-refractivity contribution >= 4 is 29.0 Å². The van der Waals surface area contributed by atoms with Gasteiger partial charge in [0.05, 0.1) is 17.2 Å². The Morgan fingerprint density at radius 2 is 2.23 bits per heavy atom. The molecule has 0 aliphatic heterocycles. The van der Waals surface area contributed by atoms with Gasteiger partial charge in [-0.05, 0) is 19.1 Å². The Morgan fingerprint density at radius 1 is 1.41 bits per heavy atom. The number of aromatic nitrogens is 2. The van der Waals surface area contributed by atoms with Crippen LogP contribution in [-0.4, -0.2) is 35.7 Å². The van der Waals surface area contributed by atoms with E-state index in [0.717, 1.165) is 17.1 Å². The molecule has 2 aromatic rings. The van der Waals surface area contributed by atoms with Crippen molar-refractivity contribution < 1.29 is 9.53 Å². The molecule has 2 amide bonds. The van der Waals surface area contributed by atoms with Crippen LogP contribution in [0.4, 0.5) is 4.79 Å². The zero-order valence-corrected chi connectivity index (χ0v) is 13.7. The number of rotatable bonds is 7. The highest BCUT2D eigenvalue weighted by Gasteiger charge is 2.03. The lowest BCUT2D eigenvalue weighted by atomic mass is 10.3. The highest BCUT2D eigenvalue weighted by Crippen LogP contribution is 2.19. The zero-order chi connectivity index (χ0) is 15.8. The number of amides is 2. The number of thiazole rings is 1. The number of carbonyl (C=O) groups excluding carboxylic acids is 1. The fraction of sp³-hybridized carbons (Fsp3) is 0.357. The SMILES string of the molecule is Cc1nc(CCNC(=O)NCCOc2ncccc2Cl)cs1. The van der Waals surface area contributed by atoms with Crippen molar-refractivity contribution in [1.29, 1.82) is 0 Å². The average molecular weight is 341 g/mol. The second-order valence-electron chi connectivity index (χ2n) is 4.43. The minimum atomic E-state index is -0.234. The molecular weight excluding hydrogens is 324 g/mol. The summed E-state index contributed by atoms with van der Waals surface area (Å²) < 4.78 is 5.37. The predicted octanol–water partition coefficient (Wildman–Crippen LogP) is 2.42. The molecule has 0 fully saturated rings. The maximum Gasteiger partial charge on any atom is 0.314 e. The second-order valence-corrected chi connectivity index (χ2v) is 5.90. The number of hydrogen-bond acceptors (Lipinski definition) is 5. The molecule has 0 radical (unpaired) electrons. The first-order valence-corrected chi connectivity index (χ1v) is 8.07. The van der Waals surface area contributed by atoms with Crippen molar-refractivity contribution in [3.8, 4) is 5.88 Å². The lowest BCUT2D eigenvalue weighted by Crippen LogP contribution is -2.38. The molecule has 2 heterocycles. The van der Waals surface area contributed by atoms with E-state index < -0.39 is 0 Å². The third-order valence-corrected chi connectivity index (χ3v) is 3.79. The Bertz CT molecular complexity index is 620. The topological polar surface area (TPSA) is 76.1 Å². The maximum atomic E-state index is 11.6. The fourth-order valence-electron chi connectivity index (χ4n) is 1.68. The molecule has 0 bridgehead atoms. The molecule has 0 aromatic carbocycles. The Balaban J connectivity index is 1.57. The molecule has 8 heteroatoms. The molecule has 0 aliphatic carbocycles. The van der Waals surface area contributed by atoms with Gasteiger partial charge in [-0.3, -0.25) is 0 Å². The number of pyridine rings is 1. The van der Waals surface area contributed by atoms with Crippen LogP contribution in [0.25, 0.3) is 0 Å². The minimum Gasteiger partial charge on any atom is -0.475 e. The summed E-state index contributed by atoms with van der Waals surface area (Å²) in [6, 6.07) is 3.19. The highest BCUT2D eigenvalue weighted by molar-refractivity contribution is 7.09. The van der Waals surface area contributed by atoms with E-state index in [9.17, 15) is 4.79 Å². The van der Waals surface area contributed by atoms with E-state index in [0.29, 0.717) is 30.6 Å². The van der Waals surface area contributed by atoms with Gasteiger partial charge >= 0.3 is 6.03 Å². The van der Waals surface area contributed by atoms with Crippen molar-refractivity contribution in [2.45, 2.75) is 13.3 Å². The quantitative estimate of drug-likeness (QED) is 0.759. The van der Waals surface area contributed by atoms with Gasteiger partial charge in [0.1, 0.15) is 11.6 Å². The van der Waals surface area contributed by atoms with Crippen molar-refractivity contribution in [2.24, 2.45) is 0 Å². The average Bonchev–Trinajstić information content (AvgIpc) is 2.91. The Labute approximate surface area is 137 Å². The number of urea groups is 1. The molecule has 0 unspecified atom stereocenters. The molecule has 2 aromatic heterocycles. The molecule has 118 valence electrons. The summed E-state index contributed by atoms with van der Waals surface area (Å²) in [7, 11) is 0. The van der Waals surface area contributed by atoms with Gasteiger partial charge in [-0.1, -0.05) is 11.6 Å². The molecular formula is C14H17ClN4O2S. The highest BCUT2D eigenvalue weighted by atomic mass is 35.5. The number of ether oxygens (including phenoxy) is 1. The van der Waals surface area contributed by atoms with Gasteiger partial charge in [0.2, 0.25) is 5.88 Å². The zero-order valence-electron chi connectivity index (χ0n) is 12.1. The lowest BCUT2D eigenvalue weighted by Gasteiger charge is -2.08. The summed E-state index contributed by atoms with van der Waals surface area (Å²) in [5, 5.41) is 8.95. The van der Waals surface area contributed by atoms with Crippen LogP contribution in [0, 0.1) is 6.92 Å². The number of hydrogen-bond donors (Lipinski definition) is 2. The standard InChI is InChI=1S/C14H17ClN4O2S/c1-10-19-11(9-22-10)4-6-17-14(20)18-7-8-21-13-12(15)3-2-5-16-13/h2-3,5,9H,4,6-8H2,1H3,(H2,17,18,20). The minimum absolute atomic E-state index is 0.234. The van der Waals surface area contributed by atoms with Gasteiger partial charge in [-0.25, -0.2) is 14.8 Å². The maximum absolute atomic E-state index is 11.6. The summed E-state index contributed by atoms with van der Waals surface area (Å²) in [4.78, 5) is 19.9. The number of nitrogens with one attached hydrogen (secondary N) is 2. The summed E-state index contributed by atoms with van der Waals surface area (Å²) in [5.41, 5.74) is 0.996. The van der Waals surface area contributed by atoms with Crippen molar-refractivity contribution in [3.63, 3.8) is 0 Å². The Hall–Kier alpha value is -1.86. The van der Waals surface area contributed by atoms with Gasteiger partial charge in [0.15, 0.2) is 0 Å². The van der Waals surface area contributed by atoms with Crippen LogP contribution in [0.1, 0.15) is 10.7 Å². The van der Waals surface area contributed by atoms with E-state index in [1.807, 2.05) is 12.3 Å². The summed E-state index contributed by atoms with van der Waals surface area (Å²) in [6.45, 7) is 3.17. The molecule has 0 spiro atoms. The summed E-state index contributed by atoms with van der Waals surface area (Å²) in [6.07, 6.45) is 2.32. The smallest absolute Gasteiger partial charge is 0.314 e. The molecule has 0 saturated carbocycles. The van der Waals surface area contributed by atoms with Gasteiger partial charge in [-0.15, -0.1) is 11.3 Å². The van der Waals surface area contributed by atoms with Gasteiger partial charge in [0.25, 0.3) is 0 Å². The largest absolute Gasteiger partial charge is 0.475 e. The van der Waals surface area contributed by atoms with Crippen LogP contribution in [-0.2, 0) is 6.42 Å². The number of aryl methyl sites for hydroxylation is 1. The van der Waals surface area contributed by atoms with E-state index in [4.69, 9.17) is 16.3 Å². The molecule has 2 N–H and O–H groups in total. The van der Waals surface area contributed by atoms with Crippen LogP contribution >= 0.6 is 22.9 Å². The summed E-state index contributed by atoms with van der Waals surface area (Å²) >= 11 is 7.51. The van der Waals surface area contributed by atoms with Crippen LogP contribution in [0.2, 0.25) is 5.02 Å². The Kier molecular flexibility index (Phi) is 6.42. The first-order valence-electron chi connectivity index (χ1n) is 6.81. The lowest BCUT2D eigenvalue weighted by molar-refractivity contribution is 0.236. The second kappa shape index (κ2) is 8.55. The van der Waals surface area contributed by atoms with Crippen molar-refractivity contribution in [2.75, 3.05) is 19.7 Å².